The van der Waals surface area contributed by atoms with Gasteiger partial charge in [-0.1, -0.05) is 36.2 Å². The van der Waals surface area contributed by atoms with Gasteiger partial charge in [0, 0.05) is 16.1 Å². The highest BCUT2D eigenvalue weighted by molar-refractivity contribution is 9.10. The number of methoxy groups -OCH3 is 1. The number of nitrogens with one attached hydrogen (secondary N) is 1. The van der Waals surface area contributed by atoms with Gasteiger partial charge in [-0.2, -0.15) is 0 Å². The topological polar surface area (TPSA) is 21.3 Å². The summed E-state index contributed by atoms with van der Waals surface area (Å²) in [5.74, 6) is 0.977. The Morgan fingerprint density at radius 1 is 1.35 bits per heavy atom. The Kier molecular flexibility index (Phi) is 6.00. The molecule has 0 spiro atoms. The van der Waals surface area contributed by atoms with Crippen molar-refractivity contribution in [3.8, 4) is 5.75 Å². The van der Waals surface area contributed by atoms with Crippen LogP contribution in [0.4, 0.5) is 0 Å². The Balaban J connectivity index is 3.11. The summed E-state index contributed by atoms with van der Waals surface area (Å²) in [6.07, 6.45) is 2.28. The Hall–Kier alpha value is -0.540. The van der Waals surface area contributed by atoms with E-state index < -0.39 is 0 Å². The summed E-state index contributed by atoms with van der Waals surface area (Å²) in [6.45, 7) is 7.40. The molecule has 1 aromatic carbocycles. The summed E-state index contributed by atoms with van der Waals surface area (Å²) in [5.41, 5.74) is 2.45. The van der Waals surface area contributed by atoms with Gasteiger partial charge in [0.25, 0.3) is 0 Å². The molecule has 0 aliphatic carbocycles. The summed E-state index contributed by atoms with van der Waals surface area (Å²) in [6, 6.07) is 4.65. The second kappa shape index (κ2) is 7.02. The molecule has 1 unspecified atom stereocenters. The highest BCUT2D eigenvalue weighted by atomic mass is 79.9. The first-order chi connectivity index (χ1) is 8.13. The van der Waals surface area contributed by atoms with Crippen molar-refractivity contribution in [1.82, 2.24) is 5.32 Å². The molecule has 0 saturated carbocycles. The van der Waals surface area contributed by atoms with Crippen LogP contribution in [-0.4, -0.2) is 13.7 Å². The molecular weight excluding hydrogens is 278 g/mol. The Morgan fingerprint density at radius 2 is 2.06 bits per heavy atom. The van der Waals surface area contributed by atoms with Crippen LogP contribution in [0.1, 0.15) is 43.9 Å². The van der Waals surface area contributed by atoms with Crippen LogP contribution in [0.2, 0.25) is 0 Å². The molecule has 0 amide bonds. The van der Waals surface area contributed by atoms with Crippen molar-refractivity contribution in [2.24, 2.45) is 0 Å². The normalized spacial score (nSPS) is 12.5. The van der Waals surface area contributed by atoms with Gasteiger partial charge in [0.2, 0.25) is 0 Å². The highest BCUT2D eigenvalue weighted by Crippen LogP contribution is 2.33. The smallest absolute Gasteiger partial charge is 0.123 e. The summed E-state index contributed by atoms with van der Waals surface area (Å²) < 4.78 is 6.64. The number of ether oxygens (including phenoxy) is 1. The van der Waals surface area contributed by atoms with Gasteiger partial charge in [-0.05, 0) is 37.6 Å². The molecule has 1 N–H and O–H groups in total. The van der Waals surface area contributed by atoms with E-state index in [9.17, 15) is 0 Å². The van der Waals surface area contributed by atoms with Gasteiger partial charge in [0.15, 0.2) is 0 Å². The first kappa shape index (κ1) is 14.5. The SMILES string of the molecule is CCCC(NCC)c1cc(Br)c(C)cc1OC. The van der Waals surface area contributed by atoms with Gasteiger partial charge in [-0.3, -0.25) is 0 Å². The van der Waals surface area contributed by atoms with Gasteiger partial charge in [-0.25, -0.2) is 0 Å². The quantitative estimate of drug-likeness (QED) is 0.849. The van der Waals surface area contributed by atoms with Crippen LogP contribution < -0.4 is 10.1 Å². The molecule has 3 heteroatoms. The van der Waals surface area contributed by atoms with Crippen molar-refractivity contribution >= 4 is 15.9 Å². The van der Waals surface area contributed by atoms with Crippen LogP contribution in [0.25, 0.3) is 0 Å². The van der Waals surface area contributed by atoms with E-state index in [0.717, 1.165) is 29.6 Å². The van der Waals surface area contributed by atoms with E-state index in [1.165, 1.54) is 11.1 Å². The summed E-state index contributed by atoms with van der Waals surface area (Å²) in [5, 5.41) is 3.52. The molecule has 0 heterocycles. The zero-order chi connectivity index (χ0) is 12.8. The van der Waals surface area contributed by atoms with E-state index in [0.29, 0.717) is 6.04 Å². The van der Waals surface area contributed by atoms with E-state index in [4.69, 9.17) is 4.74 Å². The molecule has 0 aliphatic heterocycles. The largest absolute Gasteiger partial charge is 0.496 e. The fourth-order valence-electron chi connectivity index (χ4n) is 2.02. The monoisotopic (exact) mass is 299 g/mol. The molecular formula is C14H22BrNO. The summed E-state index contributed by atoms with van der Waals surface area (Å²) >= 11 is 3.60. The van der Waals surface area contributed by atoms with E-state index in [1.54, 1.807) is 7.11 Å². The van der Waals surface area contributed by atoms with Crippen LogP contribution >= 0.6 is 15.9 Å². The minimum absolute atomic E-state index is 0.372. The van der Waals surface area contributed by atoms with Crippen LogP contribution in [0.5, 0.6) is 5.75 Å². The second-order valence-corrected chi connectivity index (χ2v) is 5.10. The van der Waals surface area contributed by atoms with Crippen molar-refractivity contribution in [1.29, 1.82) is 0 Å². The molecule has 0 fully saturated rings. The van der Waals surface area contributed by atoms with Gasteiger partial charge in [0.05, 0.1) is 7.11 Å². The highest BCUT2D eigenvalue weighted by Gasteiger charge is 2.15. The van der Waals surface area contributed by atoms with Crippen molar-refractivity contribution in [2.75, 3.05) is 13.7 Å². The Labute approximate surface area is 113 Å². The minimum Gasteiger partial charge on any atom is -0.496 e. The number of hydrogen-bond acceptors (Lipinski definition) is 2. The second-order valence-electron chi connectivity index (χ2n) is 4.24. The molecule has 1 rings (SSSR count). The number of aryl methyl sites for hydroxylation is 1. The molecule has 0 radical (unpaired) electrons. The zero-order valence-corrected chi connectivity index (χ0v) is 12.7. The fourth-order valence-corrected chi connectivity index (χ4v) is 2.38. The molecule has 0 aromatic heterocycles. The van der Waals surface area contributed by atoms with E-state index >= 15 is 0 Å². The minimum atomic E-state index is 0.372. The lowest BCUT2D eigenvalue weighted by Gasteiger charge is -2.21. The van der Waals surface area contributed by atoms with Crippen molar-refractivity contribution in [3.05, 3.63) is 27.7 Å². The first-order valence-corrected chi connectivity index (χ1v) is 7.00. The molecule has 1 aromatic rings. The zero-order valence-electron chi connectivity index (χ0n) is 11.1. The lowest BCUT2D eigenvalue weighted by molar-refractivity contribution is 0.395. The third kappa shape index (κ3) is 3.71. The molecule has 17 heavy (non-hydrogen) atoms. The predicted molar refractivity (Wildman–Crippen MR) is 76.8 cm³/mol. The summed E-state index contributed by atoms with van der Waals surface area (Å²) in [4.78, 5) is 0. The lowest BCUT2D eigenvalue weighted by Crippen LogP contribution is -2.21. The summed E-state index contributed by atoms with van der Waals surface area (Å²) in [7, 11) is 1.74. The molecule has 1 atom stereocenters. The van der Waals surface area contributed by atoms with E-state index in [1.807, 2.05) is 0 Å². The molecule has 0 bridgehead atoms. The molecule has 0 saturated heterocycles. The van der Waals surface area contributed by atoms with Crippen LogP contribution in [0.15, 0.2) is 16.6 Å². The van der Waals surface area contributed by atoms with Crippen LogP contribution in [0.3, 0.4) is 0 Å². The maximum Gasteiger partial charge on any atom is 0.123 e. The van der Waals surface area contributed by atoms with Crippen LogP contribution in [0, 0.1) is 6.92 Å². The maximum absolute atomic E-state index is 5.49. The third-order valence-electron chi connectivity index (χ3n) is 2.91. The molecule has 0 aliphatic rings. The third-order valence-corrected chi connectivity index (χ3v) is 3.77. The fraction of sp³-hybridized carbons (Fsp3) is 0.571. The predicted octanol–water partition coefficient (Wildman–Crippen LogP) is 4.22. The molecule has 96 valence electrons. The van der Waals surface area contributed by atoms with E-state index in [-0.39, 0.29) is 0 Å². The van der Waals surface area contributed by atoms with E-state index in [2.05, 4.69) is 54.2 Å². The number of hydrogen-bond donors (Lipinski definition) is 1. The van der Waals surface area contributed by atoms with Crippen molar-refractivity contribution < 1.29 is 4.74 Å². The maximum atomic E-state index is 5.49. The Bertz CT molecular complexity index is 359. The van der Waals surface area contributed by atoms with Gasteiger partial charge in [0.1, 0.15) is 5.75 Å². The average Bonchev–Trinajstić information content (AvgIpc) is 2.32. The lowest BCUT2D eigenvalue weighted by atomic mass is 10.00. The Morgan fingerprint density at radius 3 is 2.59 bits per heavy atom. The standard InChI is InChI=1S/C14H22BrNO/c1-5-7-13(16-6-2)11-9-12(15)10(3)8-14(11)17-4/h8-9,13,16H,5-7H2,1-4H3. The number of rotatable bonds is 6. The average molecular weight is 300 g/mol. The van der Waals surface area contributed by atoms with Gasteiger partial charge >= 0.3 is 0 Å². The van der Waals surface area contributed by atoms with Gasteiger partial charge in [-0.15, -0.1) is 0 Å². The van der Waals surface area contributed by atoms with Gasteiger partial charge < -0.3 is 10.1 Å². The molecule has 2 nitrogen and oxygen atoms in total. The first-order valence-electron chi connectivity index (χ1n) is 6.21. The number of benzene rings is 1. The number of halogens is 1. The van der Waals surface area contributed by atoms with Crippen molar-refractivity contribution in [3.63, 3.8) is 0 Å². The van der Waals surface area contributed by atoms with Crippen molar-refractivity contribution in [2.45, 2.75) is 39.7 Å². The van der Waals surface area contributed by atoms with Crippen LogP contribution in [-0.2, 0) is 0 Å².